The summed E-state index contributed by atoms with van der Waals surface area (Å²) in [5.41, 5.74) is 3.78. The number of rotatable bonds is 2. The summed E-state index contributed by atoms with van der Waals surface area (Å²) in [5, 5.41) is 14.6. The largest absolute Gasteiger partial charge is 0.390 e. The molecule has 5 heteroatoms. The summed E-state index contributed by atoms with van der Waals surface area (Å²) in [6, 6.07) is 5.93. The molecule has 0 saturated heterocycles. The Balaban J connectivity index is 1.97. The number of thiazole rings is 1. The number of aliphatic hydroxyl groups is 1. The van der Waals surface area contributed by atoms with Crippen molar-refractivity contribution in [2.45, 2.75) is 19.4 Å². The fourth-order valence-corrected chi connectivity index (χ4v) is 2.84. The van der Waals surface area contributed by atoms with Crippen LogP contribution in [0.1, 0.15) is 17.7 Å². The van der Waals surface area contributed by atoms with E-state index in [2.05, 4.69) is 16.4 Å². The first-order valence-electron chi connectivity index (χ1n) is 5.74. The second-order valence-corrected chi connectivity index (χ2v) is 5.08. The molecular formula is C13H12N2O2S. The Morgan fingerprint density at radius 1 is 1.39 bits per heavy atom. The zero-order valence-electron chi connectivity index (χ0n) is 9.64. The van der Waals surface area contributed by atoms with E-state index in [1.807, 2.05) is 17.5 Å². The molecule has 2 aromatic rings. The maximum Gasteiger partial charge on any atom is 0.224 e. The Hall–Kier alpha value is -1.72. The van der Waals surface area contributed by atoms with Gasteiger partial charge in [-0.3, -0.25) is 4.79 Å². The van der Waals surface area contributed by atoms with Crippen LogP contribution in [-0.2, 0) is 17.8 Å². The maximum atomic E-state index is 11.3. The van der Waals surface area contributed by atoms with Gasteiger partial charge in [0.05, 0.1) is 12.3 Å². The highest BCUT2D eigenvalue weighted by atomic mass is 32.1. The van der Waals surface area contributed by atoms with Crippen LogP contribution in [-0.4, -0.2) is 16.0 Å². The van der Waals surface area contributed by atoms with E-state index < -0.39 is 0 Å². The van der Waals surface area contributed by atoms with Gasteiger partial charge in [-0.2, -0.15) is 0 Å². The van der Waals surface area contributed by atoms with Crippen LogP contribution in [0.5, 0.6) is 0 Å². The van der Waals surface area contributed by atoms with Crippen LogP contribution in [0, 0.1) is 0 Å². The molecule has 1 aliphatic heterocycles. The van der Waals surface area contributed by atoms with E-state index >= 15 is 0 Å². The lowest BCUT2D eigenvalue weighted by Crippen LogP contribution is -2.18. The summed E-state index contributed by atoms with van der Waals surface area (Å²) in [6.07, 6.45) is 1.31. The molecule has 1 aromatic carbocycles. The number of hydrogen-bond acceptors (Lipinski definition) is 4. The smallest absolute Gasteiger partial charge is 0.224 e. The molecule has 2 N–H and O–H groups in total. The molecule has 3 rings (SSSR count). The van der Waals surface area contributed by atoms with Crippen molar-refractivity contribution in [2.75, 3.05) is 5.32 Å². The van der Waals surface area contributed by atoms with E-state index in [1.54, 1.807) is 0 Å². The van der Waals surface area contributed by atoms with Crippen LogP contribution in [0.3, 0.4) is 0 Å². The number of benzene rings is 1. The molecule has 0 saturated carbocycles. The summed E-state index contributed by atoms with van der Waals surface area (Å²) < 4.78 is 0. The monoisotopic (exact) mass is 260 g/mol. The third-order valence-corrected chi connectivity index (χ3v) is 3.90. The quantitative estimate of drug-likeness (QED) is 0.870. The van der Waals surface area contributed by atoms with Crippen LogP contribution < -0.4 is 5.32 Å². The van der Waals surface area contributed by atoms with Crippen molar-refractivity contribution in [1.82, 2.24) is 4.98 Å². The molecule has 1 aromatic heterocycles. The van der Waals surface area contributed by atoms with Gasteiger partial charge in [-0.25, -0.2) is 4.98 Å². The van der Waals surface area contributed by atoms with Gasteiger partial charge in [0.15, 0.2) is 0 Å². The zero-order chi connectivity index (χ0) is 12.5. The molecule has 0 unspecified atom stereocenters. The number of aromatic nitrogens is 1. The van der Waals surface area contributed by atoms with Gasteiger partial charge in [0.1, 0.15) is 5.01 Å². The molecule has 2 heterocycles. The number of amides is 1. The fraction of sp³-hybridized carbons (Fsp3) is 0.231. The van der Waals surface area contributed by atoms with Gasteiger partial charge in [0, 0.05) is 23.1 Å². The van der Waals surface area contributed by atoms with Gasteiger partial charge in [-0.05, 0) is 30.2 Å². The third kappa shape index (κ3) is 2.02. The van der Waals surface area contributed by atoms with Gasteiger partial charge in [-0.1, -0.05) is 0 Å². The molecule has 0 aliphatic carbocycles. The Morgan fingerprint density at radius 2 is 2.28 bits per heavy atom. The lowest BCUT2D eigenvalue weighted by atomic mass is 10.0. The number of nitrogens with one attached hydrogen (secondary N) is 1. The van der Waals surface area contributed by atoms with Crippen LogP contribution in [0.25, 0.3) is 10.6 Å². The molecular weight excluding hydrogens is 248 g/mol. The number of carbonyl (C=O) groups excluding carboxylic acids is 1. The standard InChI is InChI=1S/C13H12N2O2S/c16-6-10-7-18-13(14-10)9-1-3-11-8(5-9)2-4-12(17)15-11/h1,3,5,7,16H,2,4,6H2,(H,15,17). The number of aliphatic hydroxyl groups excluding tert-OH is 1. The highest BCUT2D eigenvalue weighted by Gasteiger charge is 2.15. The number of fused-ring (bicyclic) bond motifs is 1. The number of aryl methyl sites for hydroxylation is 1. The highest BCUT2D eigenvalue weighted by molar-refractivity contribution is 7.13. The topological polar surface area (TPSA) is 62.2 Å². The van der Waals surface area contributed by atoms with Crippen molar-refractivity contribution >= 4 is 22.9 Å². The summed E-state index contributed by atoms with van der Waals surface area (Å²) in [6.45, 7) is -0.0303. The van der Waals surface area contributed by atoms with E-state index in [1.165, 1.54) is 11.3 Å². The summed E-state index contributed by atoms with van der Waals surface area (Å²) in [5.74, 6) is 0.0760. The van der Waals surface area contributed by atoms with Crippen LogP contribution in [0.4, 0.5) is 5.69 Å². The number of anilines is 1. The molecule has 1 amide bonds. The minimum atomic E-state index is -0.0303. The van der Waals surface area contributed by atoms with E-state index in [0.29, 0.717) is 12.1 Å². The number of nitrogens with zero attached hydrogens (tertiary/aromatic N) is 1. The first kappa shape index (κ1) is 11.4. The molecule has 4 nitrogen and oxygen atoms in total. The second kappa shape index (κ2) is 4.51. The molecule has 0 fully saturated rings. The van der Waals surface area contributed by atoms with E-state index in [0.717, 1.165) is 28.2 Å². The van der Waals surface area contributed by atoms with Crippen molar-refractivity contribution in [3.63, 3.8) is 0 Å². The first-order chi connectivity index (χ1) is 8.76. The van der Waals surface area contributed by atoms with Gasteiger partial charge in [0.2, 0.25) is 5.91 Å². The van der Waals surface area contributed by atoms with E-state index in [9.17, 15) is 4.79 Å². The molecule has 0 atom stereocenters. The minimum absolute atomic E-state index is 0.0303. The van der Waals surface area contributed by atoms with Crippen molar-refractivity contribution in [3.05, 3.63) is 34.8 Å². The molecule has 1 aliphatic rings. The molecule has 0 spiro atoms. The molecule has 18 heavy (non-hydrogen) atoms. The summed E-state index contributed by atoms with van der Waals surface area (Å²) in [4.78, 5) is 15.6. The summed E-state index contributed by atoms with van der Waals surface area (Å²) in [7, 11) is 0. The first-order valence-corrected chi connectivity index (χ1v) is 6.62. The summed E-state index contributed by atoms with van der Waals surface area (Å²) >= 11 is 1.52. The lowest BCUT2D eigenvalue weighted by molar-refractivity contribution is -0.116. The van der Waals surface area contributed by atoms with Gasteiger partial charge in [0.25, 0.3) is 0 Å². The maximum absolute atomic E-state index is 11.3. The van der Waals surface area contributed by atoms with E-state index in [-0.39, 0.29) is 12.5 Å². The SMILES string of the molecule is O=C1CCc2cc(-c3nc(CO)cs3)ccc2N1. The molecule has 0 bridgehead atoms. The predicted molar refractivity (Wildman–Crippen MR) is 70.4 cm³/mol. The average Bonchev–Trinajstić information content (AvgIpc) is 2.87. The fourth-order valence-electron chi connectivity index (χ4n) is 2.03. The highest BCUT2D eigenvalue weighted by Crippen LogP contribution is 2.30. The minimum Gasteiger partial charge on any atom is -0.390 e. The van der Waals surface area contributed by atoms with Crippen LogP contribution in [0.15, 0.2) is 23.6 Å². The number of carbonyl (C=O) groups is 1. The van der Waals surface area contributed by atoms with Crippen molar-refractivity contribution < 1.29 is 9.90 Å². The van der Waals surface area contributed by atoms with Crippen LogP contribution in [0.2, 0.25) is 0 Å². The number of hydrogen-bond donors (Lipinski definition) is 2. The lowest BCUT2D eigenvalue weighted by Gasteiger charge is -2.17. The van der Waals surface area contributed by atoms with Gasteiger partial charge < -0.3 is 10.4 Å². The van der Waals surface area contributed by atoms with Gasteiger partial charge in [-0.15, -0.1) is 11.3 Å². The Labute approximate surface area is 108 Å². The zero-order valence-corrected chi connectivity index (χ0v) is 10.5. The normalized spacial score (nSPS) is 14.2. The predicted octanol–water partition coefficient (Wildman–Crippen LogP) is 2.19. The van der Waals surface area contributed by atoms with Crippen molar-refractivity contribution in [2.24, 2.45) is 0 Å². The van der Waals surface area contributed by atoms with Crippen molar-refractivity contribution in [3.8, 4) is 10.6 Å². The van der Waals surface area contributed by atoms with E-state index in [4.69, 9.17) is 5.11 Å². The Morgan fingerprint density at radius 3 is 3.06 bits per heavy atom. The molecule has 92 valence electrons. The van der Waals surface area contributed by atoms with Crippen molar-refractivity contribution in [1.29, 1.82) is 0 Å². The average molecular weight is 260 g/mol. The van der Waals surface area contributed by atoms with Gasteiger partial charge >= 0.3 is 0 Å². The molecule has 0 radical (unpaired) electrons. The Bertz CT molecular complexity index is 607. The third-order valence-electron chi connectivity index (χ3n) is 2.96. The van der Waals surface area contributed by atoms with Crippen LogP contribution >= 0.6 is 11.3 Å². The second-order valence-electron chi connectivity index (χ2n) is 4.22. The Kier molecular flexibility index (Phi) is 2.85.